The minimum absolute atomic E-state index is 0.198. The lowest BCUT2D eigenvalue weighted by atomic mass is 10.1. The number of carbonyl (C=O) groups is 1. The van der Waals surface area contributed by atoms with E-state index in [1.165, 1.54) is 7.11 Å². The number of rotatable bonds is 8. The first-order valence-corrected chi connectivity index (χ1v) is 12.2. The number of sulfonamides is 1. The van der Waals surface area contributed by atoms with Crippen LogP contribution < -0.4 is 14.8 Å². The van der Waals surface area contributed by atoms with E-state index in [-0.39, 0.29) is 11.3 Å². The van der Waals surface area contributed by atoms with Gasteiger partial charge in [0.1, 0.15) is 11.8 Å². The number of anilines is 1. The average molecular weight is 467 g/mol. The van der Waals surface area contributed by atoms with E-state index in [0.29, 0.717) is 22.6 Å². The molecule has 0 bridgehead atoms. The highest BCUT2D eigenvalue weighted by atomic mass is 32.2. The molecule has 0 fully saturated rings. The van der Waals surface area contributed by atoms with Gasteiger partial charge in [-0.2, -0.15) is 4.72 Å². The Morgan fingerprint density at radius 1 is 0.909 bits per heavy atom. The maximum absolute atomic E-state index is 13.4. The van der Waals surface area contributed by atoms with Gasteiger partial charge in [-0.25, -0.2) is 8.42 Å². The molecule has 0 aliphatic carbocycles. The summed E-state index contributed by atoms with van der Waals surface area (Å²) in [7, 11) is -2.44. The third-order valence-electron chi connectivity index (χ3n) is 5.38. The molecular formula is C26H30N2O4S. The zero-order chi connectivity index (χ0) is 24.2. The largest absolute Gasteiger partial charge is 0.495 e. The first-order valence-electron chi connectivity index (χ1n) is 10.7. The second-order valence-electron chi connectivity index (χ2n) is 8.28. The molecule has 0 aliphatic heterocycles. The maximum atomic E-state index is 13.4. The van der Waals surface area contributed by atoms with Crippen molar-refractivity contribution in [2.45, 2.75) is 45.1 Å². The van der Waals surface area contributed by atoms with Gasteiger partial charge in [0, 0.05) is 0 Å². The third kappa shape index (κ3) is 6.00. The van der Waals surface area contributed by atoms with Crippen molar-refractivity contribution in [2.75, 3.05) is 12.4 Å². The molecule has 174 valence electrons. The first-order chi connectivity index (χ1) is 15.6. The lowest BCUT2D eigenvalue weighted by Crippen LogP contribution is -2.45. The van der Waals surface area contributed by atoms with Crippen LogP contribution in [0.25, 0.3) is 0 Å². The monoisotopic (exact) mass is 466 g/mol. The summed E-state index contributed by atoms with van der Waals surface area (Å²) in [5.41, 5.74) is 4.53. The SMILES string of the molecule is COc1ccc(C)cc1NC(=O)C(Cc1ccccc1)NS(=O)(=O)c1c(C)cc(C)cc1C. The summed E-state index contributed by atoms with van der Waals surface area (Å²) in [6.45, 7) is 7.35. The van der Waals surface area contributed by atoms with Crippen molar-refractivity contribution in [1.29, 1.82) is 0 Å². The first kappa shape index (κ1) is 24.5. The van der Waals surface area contributed by atoms with Gasteiger partial charge in [-0.15, -0.1) is 0 Å². The van der Waals surface area contributed by atoms with Gasteiger partial charge in [0.2, 0.25) is 15.9 Å². The summed E-state index contributed by atoms with van der Waals surface area (Å²) in [6.07, 6.45) is 0.198. The topological polar surface area (TPSA) is 84.5 Å². The Bertz CT molecular complexity index is 1230. The van der Waals surface area contributed by atoms with Gasteiger partial charge in [0.25, 0.3) is 0 Å². The standard InChI is InChI=1S/C26H30N2O4S/c1-17-11-12-24(32-5)22(15-17)27-26(29)23(16-21-9-7-6-8-10-21)28-33(30,31)25-19(3)13-18(2)14-20(25)4/h6-15,23,28H,16H2,1-5H3,(H,27,29). The molecule has 1 unspecified atom stereocenters. The van der Waals surface area contributed by atoms with Gasteiger partial charge >= 0.3 is 0 Å². The van der Waals surface area contributed by atoms with Crippen LogP contribution in [0.5, 0.6) is 5.75 Å². The van der Waals surface area contributed by atoms with E-state index in [1.807, 2.05) is 62.4 Å². The van der Waals surface area contributed by atoms with Crippen LogP contribution in [0.1, 0.15) is 27.8 Å². The highest BCUT2D eigenvalue weighted by molar-refractivity contribution is 7.89. The van der Waals surface area contributed by atoms with E-state index < -0.39 is 22.0 Å². The van der Waals surface area contributed by atoms with Crippen LogP contribution in [-0.2, 0) is 21.2 Å². The summed E-state index contributed by atoms with van der Waals surface area (Å²) in [6, 6.07) is 17.4. The molecule has 7 heteroatoms. The van der Waals surface area contributed by atoms with Crippen LogP contribution in [0.3, 0.4) is 0 Å². The molecule has 0 saturated heterocycles. The molecule has 1 amide bonds. The number of nitrogens with one attached hydrogen (secondary N) is 2. The molecule has 1 atom stereocenters. The van der Waals surface area contributed by atoms with Crippen LogP contribution in [0.2, 0.25) is 0 Å². The van der Waals surface area contributed by atoms with E-state index in [0.717, 1.165) is 16.7 Å². The lowest BCUT2D eigenvalue weighted by Gasteiger charge is -2.21. The van der Waals surface area contributed by atoms with E-state index >= 15 is 0 Å². The van der Waals surface area contributed by atoms with E-state index in [4.69, 9.17) is 4.74 Å². The van der Waals surface area contributed by atoms with Crippen LogP contribution in [0, 0.1) is 27.7 Å². The van der Waals surface area contributed by atoms with Crippen molar-refractivity contribution in [3.8, 4) is 5.75 Å². The summed E-state index contributed by atoms with van der Waals surface area (Å²) in [5.74, 6) is 0.0363. The lowest BCUT2D eigenvalue weighted by molar-refractivity contribution is -0.117. The Balaban J connectivity index is 1.97. The fraction of sp³-hybridized carbons (Fsp3) is 0.269. The Morgan fingerprint density at radius 2 is 1.55 bits per heavy atom. The van der Waals surface area contributed by atoms with Crippen LogP contribution in [-0.4, -0.2) is 27.5 Å². The summed E-state index contributed by atoms with van der Waals surface area (Å²) >= 11 is 0. The number of methoxy groups -OCH3 is 1. The van der Waals surface area contributed by atoms with Crippen molar-refractivity contribution < 1.29 is 17.9 Å². The smallest absolute Gasteiger partial charge is 0.243 e. The molecule has 3 rings (SSSR count). The molecule has 0 heterocycles. The van der Waals surface area contributed by atoms with Crippen LogP contribution in [0.15, 0.2) is 65.6 Å². The van der Waals surface area contributed by atoms with Gasteiger partial charge < -0.3 is 10.1 Å². The molecule has 3 aromatic carbocycles. The molecule has 3 aromatic rings. The number of carbonyl (C=O) groups excluding carboxylic acids is 1. The molecule has 6 nitrogen and oxygen atoms in total. The second kappa shape index (κ2) is 10.2. The predicted molar refractivity (Wildman–Crippen MR) is 131 cm³/mol. The minimum Gasteiger partial charge on any atom is -0.495 e. The summed E-state index contributed by atoms with van der Waals surface area (Å²) in [4.78, 5) is 13.5. The highest BCUT2D eigenvalue weighted by Gasteiger charge is 2.29. The van der Waals surface area contributed by atoms with Gasteiger partial charge in [-0.1, -0.05) is 54.1 Å². The predicted octanol–water partition coefficient (Wildman–Crippen LogP) is 4.46. The Labute approximate surface area is 196 Å². The van der Waals surface area contributed by atoms with E-state index in [2.05, 4.69) is 10.0 Å². The van der Waals surface area contributed by atoms with Crippen LogP contribution >= 0.6 is 0 Å². The fourth-order valence-electron chi connectivity index (χ4n) is 4.01. The number of ether oxygens (including phenoxy) is 1. The van der Waals surface area contributed by atoms with Crippen molar-refractivity contribution >= 4 is 21.6 Å². The average Bonchev–Trinajstić information content (AvgIpc) is 2.73. The van der Waals surface area contributed by atoms with Gasteiger partial charge in [0.15, 0.2) is 0 Å². The Kier molecular flexibility index (Phi) is 7.56. The second-order valence-corrected chi connectivity index (χ2v) is 9.94. The highest BCUT2D eigenvalue weighted by Crippen LogP contribution is 2.26. The molecule has 0 aromatic heterocycles. The van der Waals surface area contributed by atoms with E-state index in [1.54, 1.807) is 26.0 Å². The third-order valence-corrected chi connectivity index (χ3v) is 7.16. The molecule has 0 radical (unpaired) electrons. The number of benzene rings is 3. The van der Waals surface area contributed by atoms with Crippen molar-refractivity contribution in [3.63, 3.8) is 0 Å². The van der Waals surface area contributed by atoms with Crippen molar-refractivity contribution in [1.82, 2.24) is 4.72 Å². The molecule has 2 N–H and O–H groups in total. The number of aryl methyl sites for hydroxylation is 4. The molecule has 0 saturated carbocycles. The van der Waals surface area contributed by atoms with Crippen molar-refractivity contribution in [2.24, 2.45) is 0 Å². The Hall–Kier alpha value is -3.16. The van der Waals surface area contributed by atoms with Gasteiger partial charge in [-0.05, 0) is 68.5 Å². The number of hydrogen-bond donors (Lipinski definition) is 2. The van der Waals surface area contributed by atoms with Gasteiger partial charge in [0.05, 0.1) is 17.7 Å². The number of amides is 1. The summed E-state index contributed by atoms with van der Waals surface area (Å²) in [5, 5.41) is 2.84. The van der Waals surface area contributed by atoms with Crippen LogP contribution in [0.4, 0.5) is 5.69 Å². The fourth-order valence-corrected chi connectivity index (χ4v) is 5.66. The molecule has 0 spiro atoms. The zero-order valence-electron chi connectivity index (χ0n) is 19.6. The summed E-state index contributed by atoms with van der Waals surface area (Å²) < 4.78 is 34.8. The quantitative estimate of drug-likeness (QED) is 0.513. The number of hydrogen-bond acceptors (Lipinski definition) is 4. The van der Waals surface area contributed by atoms with E-state index in [9.17, 15) is 13.2 Å². The minimum atomic E-state index is -3.96. The normalized spacial score (nSPS) is 12.3. The Morgan fingerprint density at radius 3 is 2.15 bits per heavy atom. The van der Waals surface area contributed by atoms with Crippen molar-refractivity contribution in [3.05, 3.63) is 88.5 Å². The zero-order valence-corrected chi connectivity index (χ0v) is 20.4. The van der Waals surface area contributed by atoms with Gasteiger partial charge in [-0.3, -0.25) is 4.79 Å². The molecule has 0 aliphatic rings. The molecular weight excluding hydrogens is 436 g/mol. The molecule has 33 heavy (non-hydrogen) atoms. The maximum Gasteiger partial charge on any atom is 0.243 e.